The second kappa shape index (κ2) is 8.83. The molecule has 1 fully saturated rings. The Morgan fingerprint density at radius 2 is 2.04 bits per heavy atom. The van der Waals surface area contributed by atoms with E-state index in [1.54, 1.807) is 6.07 Å². The number of carbonyl (C=O) groups is 1. The molecule has 1 aliphatic rings. The number of sulfonamides is 1. The number of thioether (sulfide) groups is 1. The van der Waals surface area contributed by atoms with Gasteiger partial charge in [-0.3, -0.25) is 4.79 Å². The Kier molecular flexibility index (Phi) is 6.48. The zero-order valence-corrected chi connectivity index (χ0v) is 16.6. The van der Waals surface area contributed by atoms with Crippen LogP contribution in [-0.4, -0.2) is 55.7 Å². The van der Waals surface area contributed by atoms with Gasteiger partial charge in [0.25, 0.3) is 0 Å². The highest BCUT2D eigenvalue weighted by Crippen LogP contribution is 2.21. The number of hydrogen-bond donors (Lipinski definition) is 1. The van der Waals surface area contributed by atoms with E-state index in [0.29, 0.717) is 31.3 Å². The first-order valence-electron chi connectivity index (χ1n) is 8.48. The number of rotatable bonds is 6. The highest BCUT2D eigenvalue weighted by atomic mass is 32.2. The van der Waals surface area contributed by atoms with Gasteiger partial charge in [0.1, 0.15) is 4.90 Å². The molecule has 7 nitrogen and oxygen atoms in total. The van der Waals surface area contributed by atoms with Gasteiger partial charge in [0.05, 0.1) is 24.0 Å². The van der Waals surface area contributed by atoms with Crippen LogP contribution >= 0.6 is 11.8 Å². The van der Waals surface area contributed by atoms with Gasteiger partial charge in [-0.05, 0) is 36.8 Å². The van der Waals surface area contributed by atoms with E-state index in [9.17, 15) is 13.2 Å². The summed E-state index contributed by atoms with van der Waals surface area (Å²) in [6.45, 7) is 3.45. The maximum absolute atomic E-state index is 12.6. The average Bonchev–Trinajstić information content (AvgIpc) is 2.67. The van der Waals surface area contributed by atoms with Crippen molar-refractivity contribution in [3.05, 3.63) is 48.2 Å². The van der Waals surface area contributed by atoms with E-state index in [-0.39, 0.29) is 16.6 Å². The predicted octanol–water partition coefficient (Wildman–Crippen LogP) is 2.14. The molecule has 0 aliphatic carbocycles. The van der Waals surface area contributed by atoms with Crippen LogP contribution in [0, 0.1) is 6.92 Å². The van der Waals surface area contributed by atoms with E-state index >= 15 is 0 Å². The number of aryl methyl sites for hydroxylation is 1. The number of ether oxygens (including phenoxy) is 1. The van der Waals surface area contributed by atoms with Gasteiger partial charge in [-0.1, -0.05) is 23.9 Å². The topological polar surface area (TPSA) is 88.6 Å². The Labute approximate surface area is 163 Å². The number of nitrogens with one attached hydrogen (secondary N) is 1. The lowest BCUT2D eigenvalue weighted by Crippen LogP contribution is -2.40. The molecule has 0 bridgehead atoms. The first-order chi connectivity index (χ1) is 12.9. The lowest BCUT2D eigenvalue weighted by Gasteiger charge is -2.25. The molecule has 1 aromatic carbocycles. The minimum Gasteiger partial charge on any atom is -0.379 e. The summed E-state index contributed by atoms with van der Waals surface area (Å²) in [7, 11) is -3.55. The molecule has 2 heterocycles. The number of amides is 1. The highest BCUT2D eigenvalue weighted by Gasteiger charge is 2.26. The van der Waals surface area contributed by atoms with Crippen LogP contribution < -0.4 is 5.32 Å². The SMILES string of the molecule is Cc1cccc(NC(=O)CSc2ccc(S(=O)(=O)N3CCOCC3)cn2)c1. The molecule has 1 amide bonds. The summed E-state index contributed by atoms with van der Waals surface area (Å²) in [5.74, 6) is 0.0497. The van der Waals surface area contributed by atoms with Crippen LogP contribution in [0.2, 0.25) is 0 Å². The fourth-order valence-electron chi connectivity index (χ4n) is 2.60. The molecule has 1 aromatic heterocycles. The number of anilines is 1. The van der Waals surface area contributed by atoms with Crippen molar-refractivity contribution in [2.75, 3.05) is 37.4 Å². The number of nitrogens with zero attached hydrogens (tertiary/aromatic N) is 2. The summed E-state index contributed by atoms with van der Waals surface area (Å²) >= 11 is 1.26. The molecule has 0 radical (unpaired) electrons. The van der Waals surface area contributed by atoms with Crippen molar-refractivity contribution in [2.45, 2.75) is 16.8 Å². The molecule has 0 spiro atoms. The minimum atomic E-state index is -3.55. The summed E-state index contributed by atoms with van der Waals surface area (Å²) in [6, 6.07) is 10.7. The lowest BCUT2D eigenvalue weighted by atomic mass is 10.2. The van der Waals surface area contributed by atoms with E-state index in [0.717, 1.165) is 11.3 Å². The van der Waals surface area contributed by atoms with Gasteiger partial charge in [0.15, 0.2) is 0 Å². The molecule has 1 saturated heterocycles. The van der Waals surface area contributed by atoms with Crippen molar-refractivity contribution in [2.24, 2.45) is 0 Å². The summed E-state index contributed by atoms with van der Waals surface area (Å²) < 4.78 is 31.7. The largest absolute Gasteiger partial charge is 0.379 e. The van der Waals surface area contributed by atoms with Crippen LogP contribution in [0.3, 0.4) is 0 Å². The minimum absolute atomic E-state index is 0.141. The fraction of sp³-hybridized carbons (Fsp3) is 0.333. The number of aromatic nitrogens is 1. The maximum atomic E-state index is 12.6. The van der Waals surface area contributed by atoms with Gasteiger partial charge >= 0.3 is 0 Å². The molecule has 9 heteroatoms. The number of hydrogen-bond acceptors (Lipinski definition) is 6. The first-order valence-corrected chi connectivity index (χ1v) is 10.9. The normalized spacial score (nSPS) is 15.4. The van der Waals surface area contributed by atoms with Gasteiger partial charge in [-0.2, -0.15) is 4.31 Å². The van der Waals surface area contributed by atoms with Crippen molar-refractivity contribution in [3.63, 3.8) is 0 Å². The number of benzene rings is 1. The lowest BCUT2D eigenvalue weighted by molar-refractivity contribution is -0.113. The van der Waals surface area contributed by atoms with Crippen molar-refractivity contribution in [1.82, 2.24) is 9.29 Å². The third-order valence-corrected chi connectivity index (χ3v) is 6.80. The van der Waals surface area contributed by atoms with Gasteiger partial charge in [-0.25, -0.2) is 13.4 Å². The predicted molar refractivity (Wildman–Crippen MR) is 104 cm³/mol. The van der Waals surface area contributed by atoms with Crippen molar-refractivity contribution < 1.29 is 17.9 Å². The second-order valence-electron chi connectivity index (χ2n) is 6.05. The molecule has 0 unspecified atom stereocenters. The number of pyridine rings is 1. The van der Waals surface area contributed by atoms with Crippen LogP contribution in [0.5, 0.6) is 0 Å². The van der Waals surface area contributed by atoms with E-state index in [2.05, 4.69) is 10.3 Å². The van der Waals surface area contributed by atoms with Crippen molar-refractivity contribution in [3.8, 4) is 0 Å². The van der Waals surface area contributed by atoms with Crippen LogP contribution in [0.25, 0.3) is 0 Å². The third kappa shape index (κ3) is 5.29. The molecule has 2 aromatic rings. The Bertz CT molecular complexity index is 895. The monoisotopic (exact) mass is 407 g/mol. The molecule has 144 valence electrons. The van der Waals surface area contributed by atoms with Crippen molar-refractivity contribution in [1.29, 1.82) is 0 Å². The summed E-state index contributed by atoms with van der Waals surface area (Å²) in [5, 5.41) is 3.42. The number of carbonyl (C=O) groups excluding carboxylic acids is 1. The number of morpholine rings is 1. The van der Waals surface area contributed by atoms with Gasteiger partial charge in [0.2, 0.25) is 15.9 Å². The Morgan fingerprint density at radius 1 is 1.26 bits per heavy atom. The molecule has 1 N–H and O–H groups in total. The van der Waals surface area contributed by atoms with Crippen LogP contribution in [-0.2, 0) is 19.6 Å². The average molecular weight is 408 g/mol. The summed E-state index contributed by atoms with van der Waals surface area (Å²) in [6.07, 6.45) is 1.34. The van der Waals surface area contributed by atoms with Crippen LogP contribution in [0.4, 0.5) is 5.69 Å². The van der Waals surface area contributed by atoms with Crippen LogP contribution in [0.1, 0.15) is 5.56 Å². The van der Waals surface area contributed by atoms with E-state index in [4.69, 9.17) is 4.74 Å². The molecular weight excluding hydrogens is 386 g/mol. The quantitative estimate of drug-likeness (QED) is 0.738. The molecular formula is C18H21N3O4S2. The van der Waals surface area contributed by atoms with Crippen LogP contribution in [0.15, 0.2) is 52.5 Å². The zero-order chi connectivity index (χ0) is 19.3. The molecule has 0 saturated carbocycles. The van der Waals surface area contributed by atoms with Gasteiger partial charge < -0.3 is 10.1 Å². The van der Waals surface area contributed by atoms with E-state index < -0.39 is 10.0 Å². The zero-order valence-electron chi connectivity index (χ0n) is 14.9. The standard InChI is InChI=1S/C18H21N3O4S2/c1-14-3-2-4-15(11-14)20-17(22)13-26-18-6-5-16(12-19-18)27(23,24)21-7-9-25-10-8-21/h2-6,11-12H,7-10,13H2,1H3,(H,20,22). The smallest absolute Gasteiger partial charge is 0.244 e. The van der Waals surface area contributed by atoms with Gasteiger partial charge in [0, 0.05) is 25.0 Å². The Balaban J connectivity index is 1.56. The fourth-order valence-corrected chi connectivity index (χ4v) is 4.60. The Hall–Kier alpha value is -1.94. The molecule has 27 heavy (non-hydrogen) atoms. The molecule has 0 atom stereocenters. The third-order valence-electron chi connectivity index (χ3n) is 3.97. The first kappa shape index (κ1) is 19.8. The molecule has 3 rings (SSSR count). The van der Waals surface area contributed by atoms with E-state index in [1.165, 1.54) is 28.3 Å². The second-order valence-corrected chi connectivity index (χ2v) is 8.99. The Morgan fingerprint density at radius 3 is 2.70 bits per heavy atom. The summed E-state index contributed by atoms with van der Waals surface area (Å²) in [4.78, 5) is 16.4. The van der Waals surface area contributed by atoms with Gasteiger partial charge in [-0.15, -0.1) is 0 Å². The highest BCUT2D eigenvalue weighted by molar-refractivity contribution is 7.99. The summed E-state index contributed by atoms with van der Waals surface area (Å²) in [5.41, 5.74) is 1.82. The maximum Gasteiger partial charge on any atom is 0.244 e. The van der Waals surface area contributed by atoms with E-state index in [1.807, 2.05) is 31.2 Å². The van der Waals surface area contributed by atoms with Crippen molar-refractivity contribution >= 4 is 33.4 Å². The molecule has 1 aliphatic heterocycles.